The Hall–Kier alpha value is -3.20. The summed E-state index contributed by atoms with van der Waals surface area (Å²) in [6, 6.07) is 3.28. The summed E-state index contributed by atoms with van der Waals surface area (Å²) in [5.74, 6) is -0.354. The number of amides is 1. The summed E-state index contributed by atoms with van der Waals surface area (Å²) in [4.78, 5) is 24.2. The molecule has 3 aromatic rings. The van der Waals surface area contributed by atoms with Crippen LogP contribution in [0.4, 0.5) is 17.2 Å². The van der Waals surface area contributed by atoms with Gasteiger partial charge in [-0.3, -0.25) is 4.79 Å². The largest absolute Gasteiger partial charge is 0.365 e. The van der Waals surface area contributed by atoms with Gasteiger partial charge in [-0.05, 0) is 12.1 Å². The molecule has 1 amide bonds. The SMILES string of the molecule is [2H]C([2H])([2H])NC(=O)c1cnc(Cl)cc1Nc1nccc2c1N(C)Cc1nn(C)nc1-2. The molecule has 138 valence electrons. The minimum absolute atomic E-state index is 0.0218. The predicted molar refractivity (Wildman–Crippen MR) is 102 cm³/mol. The second-order valence-corrected chi connectivity index (χ2v) is 6.42. The van der Waals surface area contributed by atoms with Gasteiger partial charge in [0.1, 0.15) is 16.5 Å². The summed E-state index contributed by atoms with van der Waals surface area (Å²) in [5, 5.41) is 14.0. The minimum atomic E-state index is -2.64. The van der Waals surface area contributed by atoms with E-state index >= 15 is 0 Å². The predicted octanol–water partition coefficient (Wildman–Crippen LogP) is 1.98. The molecule has 4 heterocycles. The Balaban J connectivity index is 1.77. The van der Waals surface area contributed by atoms with Crippen molar-refractivity contribution >= 4 is 34.7 Å². The van der Waals surface area contributed by atoms with Gasteiger partial charge in [0.2, 0.25) is 0 Å². The minimum Gasteiger partial charge on any atom is -0.365 e. The van der Waals surface area contributed by atoms with Crippen LogP contribution in [-0.4, -0.2) is 44.9 Å². The first kappa shape index (κ1) is 13.9. The van der Waals surface area contributed by atoms with E-state index in [0.29, 0.717) is 12.4 Å². The number of hydrogen-bond donors (Lipinski definition) is 2. The van der Waals surface area contributed by atoms with Crippen molar-refractivity contribution in [1.82, 2.24) is 30.3 Å². The van der Waals surface area contributed by atoms with Gasteiger partial charge in [-0.1, -0.05) is 11.6 Å². The average Bonchev–Trinajstić information content (AvgIpc) is 3.00. The van der Waals surface area contributed by atoms with Gasteiger partial charge in [-0.2, -0.15) is 15.0 Å². The van der Waals surface area contributed by atoms with E-state index in [1.165, 1.54) is 17.1 Å². The van der Waals surface area contributed by atoms with Crippen molar-refractivity contribution in [3.63, 3.8) is 0 Å². The normalized spacial score (nSPS) is 14.5. The van der Waals surface area contributed by atoms with Crippen LogP contribution in [0.5, 0.6) is 0 Å². The van der Waals surface area contributed by atoms with Crippen LogP contribution in [-0.2, 0) is 13.6 Å². The second kappa shape index (κ2) is 6.51. The van der Waals surface area contributed by atoms with Crippen LogP contribution < -0.4 is 15.5 Å². The molecule has 0 saturated heterocycles. The Morgan fingerprint density at radius 2 is 2.19 bits per heavy atom. The third-order valence-electron chi connectivity index (χ3n) is 4.21. The number of carbonyl (C=O) groups excluding carboxylic acids is 1. The Bertz CT molecular complexity index is 1150. The van der Waals surface area contributed by atoms with Crippen molar-refractivity contribution in [1.29, 1.82) is 0 Å². The molecule has 0 radical (unpaired) electrons. The monoisotopic (exact) mass is 387 g/mol. The summed E-state index contributed by atoms with van der Waals surface area (Å²) >= 11 is 6.02. The van der Waals surface area contributed by atoms with Crippen LogP contribution in [0.2, 0.25) is 5.15 Å². The molecule has 0 aliphatic carbocycles. The summed E-state index contributed by atoms with van der Waals surface area (Å²) in [7, 11) is 3.65. The lowest BCUT2D eigenvalue weighted by Crippen LogP contribution is -2.24. The summed E-state index contributed by atoms with van der Waals surface area (Å²) in [6.45, 7) is -2.11. The highest BCUT2D eigenvalue weighted by molar-refractivity contribution is 6.29. The molecule has 4 rings (SSSR count). The highest BCUT2D eigenvalue weighted by atomic mass is 35.5. The number of aryl methyl sites for hydroxylation is 1. The number of carbonyl (C=O) groups is 1. The maximum Gasteiger partial charge on any atom is 0.254 e. The highest BCUT2D eigenvalue weighted by Crippen LogP contribution is 2.41. The Morgan fingerprint density at radius 3 is 3.00 bits per heavy atom. The van der Waals surface area contributed by atoms with E-state index in [1.54, 1.807) is 13.2 Å². The zero-order valence-electron chi connectivity index (χ0n) is 17.5. The molecular weight excluding hydrogens is 368 g/mol. The molecule has 1 aliphatic rings. The van der Waals surface area contributed by atoms with Crippen molar-refractivity contribution in [3.05, 3.63) is 40.9 Å². The van der Waals surface area contributed by atoms with Crippen LogP contribution in [0.3, 0.4) is 0 Å². The number of halogens is 1. The Kier molecular flexibility index (Phi) is 3.36. The van der Waals surface area contributed by atoms with E-state index in [0.717, 1.165) is 22.6 Å². The van der Waals surface area contributed by atoms with Gasteiger partial charge < -0.3 is 15.5 Å². The van der Waals surface area contributed by atoms with E-state index in [9.17, 15) is 4.79 Å². The summed E-state index contributed by atoms with van der Waals surface area (Å²) in [5.41, 5.74) is 3.49. The topological polar surface area (TPSA) is 101 Å². The quantitative estimate of drug-likeness (QED) is 0.662. The third-order valence-corrected chi connectivity index (χ3v) is 4.42. The van der Waals surface area contributed by atoms with E-state index in [2.05, 4.69) is 25.5 Å². The first-order valence-electron chi connectivity index (χ1n) is 9.48. The van der Waals surface area contributed by atoms with Crippen LogP contribution in [0, 0.1) is 0 Å². The lowest BCUT2D eigenvalue weighted by Gasteiger charge is -2.28. The third kappa shape index (κ3) is 2.95. The van der Waals surface area contributed by atoms with E-state index in [-0.39, 0.29) is 16.4 Å². The summed E-state index contributed by atoms with van der Waals surface area (Å²) < 4.78 is 21.8. The fourth-order valence-corrected chi connectivity index (χ4v) is 3.26. The van der Waals surface area contributed by atoms with Crippen molar-refractivity contribution in [2.75, 3.05) is 24.2 Å². The van der Waals surface area contributed by atoms with E-state index < -0.39 is 12.9 Å². The number of rotatable bonds is 3. The number of nitrogens with one attached hydrogen (secondary N) is 2. The number of aromatic nitrogens is 5. The number of fused-ring (bicyclic) bond motifs is 3. The standard InChI is InChI=1S/C17H17ClN8O/c1-19-17(27)10-7-21-13(18)6-11(10)22-16-15-9(4-5-20-16)14-12(8-25(15)2)23-26(3)24-14/h4-7H,8H2,1-3H3,(H,19,27)(H,20,21,22)/i1D3. The molecule has 27 heavy (non-hydrogen) atoms. The molecule has 0 bridgehead atoms. The van der Waals surface area contributed by atoms with Gasteiger partial charge in [0.25, 0.3) is 5.91 Å². The van der Waals surface area contributed by atoms with Crippen molar-refractivity contribution in [2.45, 2.75) is 6.54 Å². The van der Waals surface area contributed by atoms with Crippen LogP contribution >= 0.6 is 11.6 Å². The molecular formula is C17H17ClN8O. The van der Waals surface area contributed by atoms with Gasteiger partial charge in [0.15, 0.2) is 5.82 Å². The van der Waals surface area contributed by atoms with Gasteiger partial charge in [0.05, 0.1) is 23.5 Å². The highest BCUT2D eigenvalue weighted by Gasteiger charge is 2.27. The lowest BCUT2D eigenvalue weighted by atomic mass is 10.0. The molecule has 10 heteroatoms. The molecule has 0 atom stereocenters. The zero-order chi connectivity index (χ0) is 21.6. The van der Waals surface area contributed by atoms with Gasteiger partial charge in [0, 0.05) is 43.1 Å². The average molecular weight is 388 g/mol. The van der Waals surface area contributed by atoms with Crippen LogP contribution in [0.1, 0.15) is 20.2 Å². The first-order valence-corrected chi connectivity index (χ1v) is 8.36. The number of nitrogens with zero attached hydrogens (tertiary/aromatic N) is 6. The number of hydrogen-bond acceptors (Lipinski definition) is 7. The van der Waals surface area contributed by atoms with Crippen molar-refractivity contribution < 1.29 is 8.91 Å². The second-order valence-electron chi connectivity index (χ2n) is 6.03. The molecule has 0 aromatic carbocycles. The van der Waals surface area contributed by atoms with E-state index in [1.807, 2.05) is 23.3 Å². The first-order chi connectivity index (χ1) is 14.1. The van der Waals surface area contributed by atoms with Crippen LogP contribution in [0.15, 0.2) is 24.5 Å². The molecule has 2 N–H and O–H groups in total. The molecule has 9 nitrogen and oxygen atoms in total. The van der Waals surface area contributed by atoms with Gasteiger partial charge >= 0.3 is 0 Å². The molecule has 3 aromatic heterocycles. The molecule has 0 unspecified atom stereocenters. The number of pyridine rings is 2. The fourth-order valence-electron chi connectivity index (χ4n) is 3.10. The van der Waals surface area contributed by atoms with Crippen molar-refractivity contribution in [2.24, 2.45) is 7.05 Å². The van der Waals surface area contributed by atoms with Gasteiger partial charge in [-0.25, -0.2) is 9.97 Å². The Morgan fingerprint density at radius 1 is 1.33 bits per heavy atom. The van der Waals surface area contributed by atoms with Crippen LogP contribution in [0.25, 0.3) is 11.3 Å². The van der Waals surface area contributed by atoms with Crippen molar-refractivity contribution in [3.8, 4) is 11.3 Å². The maximum absolute atomic E-state index is 12.5. The molecule has 0 saturated carbocycles. The summed E-state index contributed by atoms with van der Waals surface area (Å²) in [6.07, 6.45) is 2.83. The molecule has 1 aliphatic heterocycles. The maximum atomic E-state index is 12.5. The van der Waals surface area contributed by atoms with E-state index in [4.69, 9.17) is 15.7 Å². The zero-order valence-corrected chi connectivity index (χ0v) is 15.2. The smallest absolute Gasteiger partial charge is 0.254 e. The molecule has 0 spiro atoms. The fraction of sp³-hybridized carbons (Fsp3) is 0.235. The van der Waals surface area contributed by atoms with Gasteiger partial charge in [-0.15, -0.1) is 0 Å². The molecule has 0 fully saturated rings. The number of anilines is 3. The lowest BCUT2D eigenvalue weighted by molar-refractivity contribution is 0.0963. The Labute approximate surface area is 164 Å².